The molecule has 4 nitrogen and oxygen atoms in total. The minimum absolute atomic E-state index is 0.839. The summed E-state index contributed by atoms with van der Waals surface area (Å²) in [5, 5.41) is 3.33. The lowest BCUT2D eigenvalue weighted by Crippen LogP contribution is -2.01. The first kappa shape index (κ1) is 14.4. The molecule has 114 valence electrons. The number of aromatic nitrogens is 2. The summed E-state index contributed by atoms with van der Waals surface area (Å²) in [6.45, 7) is 3.12. The van der Waals surface area contributed by atoms with Gasteiger partial charge >= 0.3 is 0 Å². The lowest BCUT2D eigenvalue weighted by molar-refractivity contribution is 0.415. The summed E-state index contributed by atoms with van der Waals surface area (Å²) in [4.78, 5) is 7.90. The van der Waals surface area contributed by atoms with Crippen molar-refractivity contribution in [3.8, 4) is 16.9 Å². The van der Waals surface area contributed by atoms with E-state index < -0.39 is 0 Å². The zero-order valence-electron chi connectivity index (χ0n) is 13.0. The third-order valence-electron chi connectivity index (χ3n) is 3.71. The minimum atomic E-state index is 0.839. The van der Waals surface area contributed by atoms with E-state index in [1.54, 1.807) is 7.11 Å². The Morgan fingerprint density at radius 3 is 2.82 bits per heavy atom. The van der Waals surface area contributed by atoms with Crippen LogP contribution in [0.4, 0.5) is 5.95 Å². The average molecular weight is 295 g/mol. The second-order valence-corrected chi connectivity index (χ2v) is 5.33. The molecule has 0 aliphatic carbocycles. The van der Waals surface area contributed by atoms with E-state index in [0.29, 0.717) is 0 Å². The van der Waals surface area contributed by atoms with Crippen LogP contribution in [0.25, 0.3) is 22.2 Å². The van der Waals surface area contributed by atoms with Crippen molar-refractivity contribution in [3.63, 3.8) is 0 Å². The summed E-state index contributed by atoms with van der Waals surface area (Å²) >= 11 is 0. The van der Waals surface area contributed by atoms with Gasteiger partial charge in [0, 0.05) is 6.54 Å². The van der Waals surface area contributed by atoms with Crippen molar-refractivity contribution in [1.29, 1.82) is 0 Å². The number of aromatic amines is 1. The van der Waals surface area contributed by atoms with Crippen LogP contribution in [0, 0.1) is 0 Å². The summed E-state index contributed by atoms with van der Waals surface area (Å²) in [6, 6.07) is 14.3. The highest BCUT2D eigenvalue weighted by Gasteiger charge is 2.05. The van der Waals surface area contributed by atoms with Gasteiger partial charge in [-0.15, -0.1) is 0 Å². The number of unbranched alkanes of at least 4 members (excludes halogenated alkanes) is 1. The van der Waals surface area contributed by atoms with Gasteiger partial charge in [0.1, 0.15) is 5.75 Å². The number of ether oxygens (including phenoxy) is 1. The molecular formula is C18H21N3O. The van der Waals surface area contributed by atoms with Gasteiger partial charge < -0.3 is 15.0 Å². The number of hydrogen-bond donors (Lipinski definition) is 2. The maximum absolute atomic E-state index is 5.29. The monoisotopic (exact) mass is 295 g/mol. The number of nitrogens with zero attached hydrogens (tertiary/aromatic N) is 1. The second kappa shape index (κ2) is 6.52. The Morgan fingerprint density at radius 2 is 2.00 bits per heavy atom. The van der Waals surface area contributed by atoms with E-state index >= 15 is 0 Å². The molecule has 0 saturated heterocycles. The number of methoxy groups -OCH3 is 1. The van der Waals surface area contributed by atoms with Gasteiger partial charge in [-0.05, 0) is 41.8 Å². The van der Waals surface area contributed by atoms with Crippen LogP contribution < -0.4 is 10.1 Å². The molecule has 0 bridgehead atoms. The molecule has 2 N–H and O–H groups in total. The van der Waals surface area contributed by atoms with Crippen LogP contribution in [0.5, 0.6) is 5.75 Å². The molecule has 2 aromatic carbocycles. The highest BCUT2D eigenvalue weighted by Crippen LogP contribution is 2.26. The van der Waals surface area contributed by atoms with Crippen LogP contribution in [-0.2, 0) is 0 Å². The Kier molecular flexibility index (Phi) is 4.28. The van der Waals surface area contributed by atoms with Crippen LogP contribution in [0.15, 0.2) is 42.5 Å². The van der Waals surface area contributed by atoms with E-state index in [2.05, 4.69) is 40.4 Å². The van der Waals surface area contributed by atoms with Crippen molar-refractivity contribution in [2.24, 2.45) is 0 Å². The summed E-state index contributed by atoms with van der Waals surface area (Å²) < 4.78 is 5.29. The first-order valence-electron chi connectivity index (χ1n) is 7.68. The Balaban J connectivity index is 1.88. The van der Waals surface area contributed by atoms with Crippen LogP contribution in [0.2, 0.25) is 0 Å². The zero-order chi connectivity index (χ0) is 15.4. The summed E-state index contributed by atoms with van der Waals surface area (Å²) in [7, 11) is 1.69. The fourth-order valence-corrected chi connectivity index (χ4v) is 2.46. The van der Waals surface area contributed by atoms with E-state index in [-0.39, 0.29) is 0 Å². The van der Waals surface area contributed by atoms with Crippen molar-refractivity contribution in [3.05, 3.63) is 42.5 Å². The Bertz CT molecular complexity index is 764. The van der Waals surface area contributed by atoms with Gasteiger partial charge in [0.2, 0.25) is 5.95 Å². The summed E-state index contributed by atoms with van der Waals surface area (Å²) in [5.41, 5.74) is 4.30. The zero-order valence-corrected chi connectivity index (χ0v) is 13.0. The Labute approximate surface area is 130 Å². The highest BCUT2D eigenvalue weighted by molar-refractivity contribution is 5.83. The predicted molar refractivity (Wildman–Crippen MR) is 91.5 cm³/mol. The molecule has 0 fully saturated rings. The third-order valence-corrected chi connectivity index (χ3v) is 3.71. The lowest BCUT2D eigenvalue weighted by Gasteiger charge is -2.04. The summed E-state index contributed by atoms with van der Waals surface area (Å²) in [6.07, 6.45) is 2.32. The van der Waals surface area contributed by atoms with Crippen LogP contribution in [-0.4, -0.2) is 23.6 Å². The Morgan fingerprint density at radius 1 is 1.14 bits per heavy atom. The van der Waals surface area contributed by atoms with Crippen molar-refractivity contribution < 1.29 is 4.74 Å². The first-order valence-corrected chi connectivity index (χ1v) is 7.68. The average Bonchev–Trinajstić information content (AvgIpc) is 2.97. The van der Waals surface area contributed by atoms with Crippen molar-refractivity contribution in [1.82, 2.24) is 9.97 Å². The van der Waals surface area contributed by atoms with E-state index in [1.165, 1.54) is 6.42 Å². The maximum atomic E-state index is 5.29. The molecule has 1 aromatic heterocycles. The first-order chi connectivity index (χ1) is 10.8. The molecule has 0 unspecified atom stereocenters. The standard InChI is InChI=1S/C18H21N3O/c1-3-4-10-19-18-20-16-9-8-14(12-17(16)21-18)13-6-5-7-15(11-13)22-2/h5-9,11-12H,3-4,10H2,1-2H3,(H2,19,20,21). The maximum Gasteiger partial charge on any atom is 0.201 e. The smallest absolute Gasteiger partial charge is 0.201 e. The van der Waals surface area contributed by atoms with Crippen LogP contribution >= 0.6 is 0 Å². The van der Waals surface area contributed by atoms with Gasteiger partial charge in [-0.3, -0.25) is 0 Å². The molecule has 0 aliphatic heterocycles. The van der Waals surface area contributed by atoms with Crippen LogP contribution in [0.1, 0.15) is 19.8 Å². The largest absolute Gasteiger partial charge is 0.497 e. The molecule has 0 saturated carbocycles. The number of benzene rings is 2. The molecule has 1 heterocycles. The van der Waals surface area contributed by atoms with Gasteiger partial charge in [-0.1, -0.05) is 31.5 Å². The van der Waals surface area contributed by atoms with Gasteiger partial charge in [0.25, 0.3) is 0 Å². The van der Waals surface area contributed by atoms with Crippen molar-refractivity contribution in [2.75, 3.05) is 19.0 Å². The number of H-pyrrole nitrogens is 1. The van der Waals surface area contributed by atoms with E-state index in [1.807, 2.05) is 24.3 Å². The molecule has 22 heavy (non-hydrogen) atoms. The van der Waals surface area contributed by atoms with E-state index in [9.17, 15) is 0 Å². The topological polar surface area (TPSA) is 49.9 Å². The normalized spacial score (nSPS) is 10.8. The molecule has 3 rings (SSSR count). The molecule has 0 aliphatic rings. The molecule has 0 radical (unpaired) electrons. The lowest BCUT2D eigenvalue weighted by atomic mass is 10.1. The molecule has 0 amide bonds. The SMILES string of the molecule is CCCCNc1nc2ccc(-c3cccc(OC)c3)cc2[nH]1. The van der Waals surface area contributed by atoms with Crippen LogP contribution in [0.3, 0.4) is 0 Å². The fourth-order valence-electron chi connectivity index (χ4n) is 2.46. The molecule has 4 heteroatoms. The number of fused-ring (bicyclic) bond motifs is 1. The van der Waals surface area contributed by atoms with E-state index in [0.717, 1.165) is 46.8 Å². The minimum Gasteiger partial charge on any atom is -0.497 e. The van der Waals surface area contributed by atoms with E-state index in [4.69, 9.17) is 4.74 Å². The quantitative estimate of drug-likeness (QED) is 0.660. The molecule has 3 aromatic rings. The van der Waals surface area contributed by atoms with Gasteiger partial charge in [-0.2, -0.15) is 0 Å². The summed E-state index contributed by atoms with van der Waals surface area (Å²) in [5.74, 6) is 1.70. The van der Waals surface area contributed by atoms with Gasteiger partial charge in [0.15, 0.2) is 0 Å². The number of hydrogen-bond acceptors (Lipinski definition) is 3. The number of anilines is 1. The predicted octanol–water partition coefficient (Wildman–Crippen LogP) is 4.45. The highest BCUT2D eigenvalue weighted by atomic mass is 16.5. The number of imidazole rings is 1. The van der Waals surface area contributed by atoms with Crippen molar-refractivity contribution >= 4 is 17.0 Å². The molecular weight excluding hydrogens is 274 g/mol. The third kappa shape index (κ3) is 3.06. The van der Waals surface area contributed by atoms with Crippen molar-refractivity contribution in [2.45, 2.75) is 19.8 Å². The van der Waals surface area contributed by atoms with Gasteiger partial charge in [-0.25, -0.2) is 4.98 Å². The molecule has 0 atom stereocenters. The number of nitrogens with one attached hydrogen (secondary N) is 2. The Hall–Kier alpha value is -2.49. The molecule has 0 spiro atoms. The van der Waals surface area contributed by atoms with Gasteiger partial charge in [0.05, 0.1) is 18.1 Å². The fraction of sp³-hybridized carbons (Fsp3) is 0.278. The number of rotatable bonds is 6. The second-order valence-electron chi connectivity index (χ2n) is 5.33.